The van der Waals surface area contributed by atoms with Gasteiger partial charge in [-0.3, -0.25) is 0 Å². The van der Waals surface area contributed by atoms with Gasteiger partial charge in [-0.2, -0.15) is 0 Å². The number of nitrogens with zero attached hydrogens (tertiary/aromatic N) is 3. The zero-order chi connectivity index (χ0) is 14.9. The Hall–Kier alpha value is -1.65. The van der Waals surface area contributed by atoms with Crippen LogP contribution < -0.4 is 4.90 Å². The quantitative estimate of drug-likeness (QED) is 0.920. The smallest absolute Gasteiger partial charge is 0.326 e. The number of piperidine rings is 1. The van der Waals surface area contributed by atoms with Crippen LogP contribution in [-0.2, 0) is 4.79 Å². The predicted octanol–water partition coefficient (Wildman–Crippen LogP) is 2.68. The zero-order valence-corrected chi connectivity index (χ0v) is 12.6. The molecule has 1 aromatic heterocycles. The van der Waals surface area contributed by atoms with Crippen molar-refractivity contribution in [2.45, 2.75) is 52.5 Å². The monoisotopic (exact) mass is 277 g/mol. The third kappa shape index (κ3) is 2.76. The Morgan fingerprint density at radius 1 is 1.45 bits per heavy atom. The highest BCUT2D eigenvalue weighted by atomic mass is 16.4. The summed E-state index contributed by atoms with van der Waals surface area (Å²) in [6, 6.07) is 1.38. The number of aromatic nitrogens is 2. The highest BCUT2D eigenvalue weighted by molar-refractivity contribution is 5.79. The van der Waals surface area contributed by atoms with Crippen molar-refractivity contribution in [2.24, 2.45) is 5.41 Å². The second kappa shape index (κ2) is 5.38. The zero-order valence-electron chi connectivity index (χ0n) is 12.6. The summed E-state index contributed by atoms with van der Waals surface area (Å²) >= 11 is 0. The maximum atomic E-state index is 11.7. The Morgan fingerprint density at radius 3 is 2.75 bits per heavy atom. The van der Waals surface area contributed by atoms with Crippen molar-refractivity contribution >= 4 is 11.8 Å². The van der Waals surface area contributed by atoms with Gasteiger partial charge in [-0.15, -0.1) is 0 Å². The lowest BCUT2D eigenvalue weighted by atomic mass is 9.76. The van der Waals surface area contributed by atoms with Crippen molar-refractivity contribution in [3.63, 3.8) is 0 Å². The third-order valence-electron chi connectivity index (χ3n) is 4.07. The van der Waals surface area contributed by atoms with E-state index in [2.05, 4.69) is 23.8 Å². The van der Waals surface area contributed by atoms with Gasteiger partial charge in [-0.1, -0.05) is 27.7 Å². The largest absolute Gasteiger partial charge is 0.480 e. The van der Waals surface area contributed by atoms with Gasteiger partial charge in [-0.05, 0) is 24.2 Å². The molecular formula is C15H23N3O2. The number of hydrogen-bond donors (Lipinski definition) is 1. The van der Waals surface area contributed by atoms with Gasteiger partial charge in [0.15, 0.2) is 0 Å². The fourth-order valence-corrected chi connectivity index (χ4v) is 2.94. The molecule has 2 rings (SSSR count). The Balaban J connectivity index is 2.39. The molecule has 5 heteroatoms. The molecule has 0 aromatic carbocycles. The lowest BCUT2D eigenvalue weighted by molar-refractivity contribution is -0.142. The minimum Gasteiger partial charge on any atom is -0.480 e. The lowest BCUT2D eigenvalue weighted by Gasteiger charge is -2.44. The molecule has 20 heavy (non-hydrogen) atoms. The first kappa shape index (κ1) is 14.8. The van der Waals surface area contributed by atoms with Crippen molar-refractivity contribution < 1.29 is 9.90 Å². The number of rotatable bonds is 3. The number of anilines is 1. The summed E-state index contributed by atoms with van der Waals surface area (Å²) < 4.78 is 0. The van der Waals surface area contributed by atoms with Crippen LogP contribution in [0.2, 0.25) is 0 Å². The Morgan fingerprint density at radius 2 is 2.15 bits per heavy atom. The van der Waals surface area contributed by atoms with Crippen molar-refractivity contribution in [2.75, 3.05) is 11.4 Å². The van der Waals surface area contributed by atoms with Crippen molar-refractivity contribution in [3.05, 3.63) is 18.1 Å². The fraction of sp³-hybridized carbons (Fsp3) is 0.667. The third-order valence-corrected chi connectivity index (χ3v) is 4.07. The minimum absolute atomic E-state index is 0.257. The summed E-state index contributed by atoms with van der Waals surface area (Å²) in [6.07, 6.45) is 3.44. The normalized spacial score (nSPS) is 22.1. The maximum absolute atomic E-state index is 11.7. The molecular weight excluding hydrogens is 254 g/mol. The molecule has 1 aliphatic heterocycles. The SMILES string of the molecule is CC(C)c1cc(N2CCCC(C)(C)C2C(=O)O)ncn1. The molecule has 2 heterocycles. The van der Waals surface area contributed by atoms with E-state index in [1.807, 2.05) is 24.8 Å². The second-order valence-electron chi connectivity index (χ2n) is 6.48. The summed E-state index contributed by atoms with van der Waals surface area (Å²) in [6.45, 7) is 8.90. The van der Waals surface area contributed by atoms with Gasteiger partial charge in [0.05, 0.1) is 0 Å². The van der Waals surface area contributed by atoms with Gasteiger partial charge < -0.3 is 10.0 Å². The van der Waals surface area contributed by atoms with Gasteiger partial charge >= 0.3 is 5.97 Å². The Bertz CT molecular complexity index is 500. The lowest BCUT2D eigenvalue weighted by Crippen LogP contribution is -2.54. The number of carbonyl (C=O) groups is 1. The van der Waals surface area contributed by atoms with E-state index in [1.165, 1.54) is 6.33 Å². The predicted molar refractivity (Wildman–Crippen MR) is 77.9 cm³/mol. The van der Waals surface area contributed by atoms with E-state index in [9.17, 15) is 9.90 Å². The summed E-state index contributed by atoms with van der Waals surface area (Å²) in [5, 5.41) is 9.60. The van der Waals surface area contributed by atoms with Gasteiger partial charge in [0, 0.05) is 18.3 Å². The molecule has 0 bridgehead atoms. The second-order valence-corrected chi connectivity index (χ2v) is 6.48. The van der Waals surface area contributed by atoms with Gasteiger partial charge in [0.1, 0.15) is 18.2 Å². The first-order valence-electron chi connectivity index (χ1n) is 7.14. The van der Waals surface area contributed by atoms with E-state index in [-0.39, 0.29) is 5.41 Å². The molecule has 0 saturated carbocycles. The van der Waals surface area contributed by atoms with Crippen LogP contribution in [0.5, 0.6) is 0 Å². The summed E-state index contributed by atoms with van der Waals surface area (Å²) in [5.74, 6) is 0.251. The van der Waals surface area contributed by atoms with Crippen LogP contribution in [0.15, 0.2) is 12.4 Å². The number of hydrogen-bond acceptors (Lipinski definition) is 4. The molecule has 0 amide bonds. The van der Waals surface area contributed by atoms with Crippen LogP contribution in [0.1, 0.15) is 52.1 Å². The van der Waals surface area contributed by atoms with Gasteiger partial charge in [-0.25, -0.2) is 14.8 Å². The molecule has 0 aliphatic carbocycles. The number of aliphatic carboxylic acids is 1. The molecule has 1 aromatic rings. The van der Waals surface area contributed by atoms with Crippen LogP contribution in [0.3, 0.4) is 0 Å². The molecule has 110 valence electrons. The highest BCUT2D eigenvalue weighted by Crippen LogP contribution is 2.37. The molecule has 0 radical (unpaired) electrons. The molecule has 0 spiro atoms. The van der Waals surface area contributed by atoms with Crippen molar-refractivity contribution in [1.29, 1.82) is 0 Å². The maximum Gasteiger partial charge on any atom is 0.326 e. The van der Waals surface area contributed by atoms with Crippen LogP contribution in [0.4, 0.5) is 5.82 Å². The van der Waals surface area contributed by atoms with Crippen LogP contribution in [-0.4, -0.2) is 33.6 Å². The van der Waals surface area contributed by atoms with Crippen LogP contribution in [0, 0.1) is 5.41 Å². The van der Waals surface area contributed by atoms with E-state index >= 15 is 0 Å². The average Bonchev–Trinajstić information content (AvgIpc) is 2.36. The number of carboxylic acid groups (broad SMARTS) is 1. The summed E-state index contributed by atoms with van der Waals surface area (Å²) in [5.41, 5.74) is 0.690. The van der Waals surface area contributed by atoms with Crippen LogP contribution >= 0.6 is 0 Å². The average molecular weight is 277 g/mol. The molecule has 1 atom stereocenters. The molecule has 1 aliphatic rings. The molecule has 5 nitrogen and oxygen atoms in total. The highest BCUT2D eigenvalue weighted by Gasteiger charge is 2.43. The number of carboxylic acids is 1. The minimum atomic E-state index is -0.778. The Kier molecular flexibility index (Phi) is 3.97. The first-order valence-corrected chi connectivity index (χ1v) is 7.14. The van der Waals surface area contributed by atoms with E-state index in [0.717, 1.165) is 30.9 Å². The van der Waals surface area contributed by atoms with Gasteiger partial charge in [0.25, 0.3) is 0 Å². The molecule has 1 saturated heterocycles. The van der Waals surface area contributed by atoms with E-state index < -0.39 is 12.0 Å². The van der Waals surface area contributed by atoms with E-state index in [0.29, 0.717) is 5.92 Å². The topological polar surface area (TPSA) is 66.3 Å². The first-order chi connectivity index (χ1) is 9.33. The Labute approximate surface area is 120 Å². The molecule has 1 unspecified atom stereocenters. The fourth-order valence-electron chi connectivity index (χ4n) is 2.94. The standard InChI is InChI=1S/C15H23N3O2/c1-10(2)11-8-12(17-9-16-11)18-7-5-6-15(3,4)13(18)14(19)20/h8-10,13H,5-7H2,1-4H3,(H,19,20). The molecule has 1 N–H and O–H groups in total. The van der Waals surface area contributed by atoms with Gasteiger partial charge in [0.2, 0.25) is 0 Å². The summed E-state index contributed by atoms with van der Waals surface area (Å²) in [7, 11) is 0. The van der Waals surface area contributed by atoms with Crippen LogP contribution in [0.25, 0.3) is 0 Å². The van der Waals surface area contributed by atoms with Crippen molar-refractivity contribution in [1.82, 2.24) is 9.97 Å². The van der Waals surface area contributed by atoms with Crippen molar-refractivity contribution in [3.8, 4) is 0 Å². The van der Waals surface area contributed by atoms with E-state index in [4.69, 9.17) is 0 Å². The summed E-state index contributed by atoms with van der Waals surface area (Å²) in [4.78, 5) is 22.2. The van der Waals surface area contributed by atoms with E-state index in [1.54, 1.807) is 0 Å². The molecule has 1 fully saturated rings.